The van der Waals surface area contributed by atoms with Crippen molar-refractivity contribution in [1.82, 2.24) is 5.25 Å². The lowest BCUT2D eigenvalue weighted by Crippen LogP contribution is -2.16. The molecular weight excluding hydrogens is 483 g/mol. The van der Waals surface area contributed by atoms with Gasteiger partial charge in [-0.15, -0.1) is 5.25 Å². The average Bonchev–Trinajstić information content (AvgIpc) is 2.88. The van der Waals surface area contributed by atoms with Gasteiger partial charge in [0.2, 0.25) is 5.82 Å². The predicted octanol–water partition coefficient (Wildman–Crippen LogP) is 8.66. The zero-order valence-electron chi connectivity index (χ0n) is 22.4. The normalized spacial score (nSPS) is 19.8. The molecule has 1 aliphatic rings. The summed E-state index contributed by atoms with van der Waals surface area (Å²) in [6, 6.07) is 1.86. The average molecular weight is 532 g/mol. The minimum atomic E-state index is -3.55. The highest BCUT2D eigenvalue weighted by atomic mass is 31.2. The first kappa shape index (κ1) is 31.2. The van der Waals surface area contributed by atoms with Crippen LogP contribution in [0.1, 0.15) is 127 Å². The molecule has 0 heterocycles. The minimum Gasteiger partial charge on any atom is -0.490 e. The molecule has 0 bridgehead atoms. The molecule has 208 valence electrons. The SMILES string of the molecule is CCCC1CCC(c2cc(CC)c(OCCCCCCCCCCCP(=O)(O)NO)c(F)c2F)CC1. The van der Waals surface area contributed by atoms with Gasteiger partial charge in [-0.05, 0) is 74.0 Å². The predicted molar refractivity (Wildman–Crippen MR) is 142 cm³/mol. The summed E-state index contributed by atoms with van der Waals surface area (Å²) in [5.41, 5.74) is 1.31. The molecule has 0 aliphatic heterocycles. The van der Waals surface area contributed by atoms with Crippen molar-refractivity contribution < 1.29 is 28.2 Å². The maximum atomic E-state index is 15.0. The third-order valence-corrected chi connectivity index (χ3v) is 8.87. The second kappa shape index (κ2) is 16.8. The van der Waals surface area contributed by atoms with Crippen molar-refractivity contribution in [2.45, 2.75) is 122 Å². The van der Waals surface area contributed by atoms with Crippen molar-refractivity contribution in [2.75, 3.05) is 12.8 Å². The van der Waals surface area contributed by atoms with E-state index in [9.17, 15) is 9.46 Å². The molecule has 8 heteroatoms. The van der Waals surface area contributed by atoms with E-state index in [0.29, 0.717) is 25.0 Å². The summed E-state index contributed by atoms with van der Waals surface area (Å²) in [6.07, 6.45) is 15.9. The van der Waals surface area contributed by atoms with Crippen molar-refractivity contribution in [2.24, 2.45) is 5.92 Å². The van der Waals surface area contributed by atoms with Crippen LogP contribution in [0.25, 0.3) is 0 Å². The molecule has 0 spiro atoms. The number of halogens is 2. The summed E-state index contributed by atoms with van der Waals surface area (Å²) >= 11 is 0. The number of hydrogen-bond donors (Lipinski definition) is 3. The smallest absolute Gasteiger partial charge is 0.289 e. The Labute approximate surface area is 216 Å². The summed E-state index contributed by atoms with van der Waals surface area (Å²) in [5.74, 6) is -0.581. The zero-order valence-corrected chi connectivity index (χ0v) is 23.3. The Hall–Kier alpha value is -1.01. The molecule has 2 rings (SSSR count). The van der Waals surface area contributed by atoms with Gasteiger partial charge in [0.25, 0.3) is 7.52 Å². The van der Waals surface area contributed by atoms with Crippen LogP contribution in [0.2, 0.25) is 0 Å². The molecular formula is C28H48F2NO4P. The Morgan fingerprint density at radius 1 is 0.944 bits per heavy atom. The number of ether oxygens (including phenoxy) is 1. The van der Waals surface area contributed by atoms with Gasteiger partial charge in [-0.25, -0.2) is 4.39 Å². The largest absolute Gasteiger partial charge is 0.490 e. The van der Waals surface area contributed by atoms with Gasteiger partial charge in [-0.2, -0.15) is 4.39 Å². The summed E-state index contributed by atoms with van der Waals surface area (Å²) in [4.78, 5) is 9.23. The fourth-order valence-corrected chi connectivity index (χ4v) is 6.21. The number of unbranched alkanes of at least 4 members (excludes halogenated alkanes) is 8. The van der Waals surface area contributed by atoms with Gasteiger partial charge in [0, 0.05) is 6.16 Å². The van der Waals surface area contributed by atoms with E-state index in [-0.39, 0.29) is 17.8 Å². The summed E-state index contributed by atoms with van der Waals surface area (Å²) < 4.78 is 47.0. The highest BCUT2D eigenvalue weighted by Crippen LogP contribution is 2.41. The number of benzene rings is 1. The lowest BCUT2D eigenvalue weighted by atomic mass is 9.76. The quantitative estimate of drug-likeness (QED) is 0.100. The van der Waals surface area contributed by atoms with Gasteiger partial charge in [-0.3, -0.25) is 4.57 Å². The minimum absolute atomic E-state index is 0.0938. The lowest BCUT2D eigenvalue weighted by molar-refractivity contribution is 0.222. The highest BCUT2D eigenvalue weighted by molar-refractivity contribution is 7.55. The fraction of sp³-hybridized carbons (Fsp3) is 0.786. The monoisotopic (exact) mass is 531 g/mol. The first-order valence-corrected chi connectivity index (χ1v) is 16.0. The molecule has 0 radical (unpaired) electrons. The Morgan fingerprint density at radius 2 is 1.53 bits per heavy atom. The number of aryl methyl sites for hydroxylation is 1. The highest BCUT2D eigenvalue weighted by Gasteiger charge is 2.28. The fourth-order valence-electron chi connectivity index (χ4n) is 5.46. The van der Waals surface area contributed by atoms with Gasteiger partial charge >= 0.3 is 0 Å². The molecule has 3 N–H and O–H groups in total. The Bertz CT molecular complexity index is 815. The molecule has 1 aromatic carbocycles. The van der Waals surface area contributed by atoms with Crippen molar-refractivity contribution >= 4 is 7.52 Å². The third kappa shape index (κ3) is 10.4. The van der Waals surface area contributed by atoms with Crippen molar-refractivity contribution in [1.29, 1.82) is 0 Å². The first-order chi connectivity index (χ1) is 17.3. The van der Waals surface area contributed by atoms with E-state index in [1.807, 2.05) is 13.0 Å². The van der Waals surface area contributed by atoms with Crippen LogP contribution in [0, 0.1) is 17.6 Å². The Kier molecular flexibility index (Phi) is 14.5. The molecule has 5 nitrogen and oxygen atoms in total. The number of rotatable bonds is 18. The zero-order chi connectivity index (χ0) is 26.4. The summed E-state index contributed by atoms with van der Waals surface area (Å²) in [7, 11) is -3.55. The van der Waals surface area contributed by atoms with Gasteiger partial charge in [-0.1, -0.05) is 71.6 Å². The van der Waals surface area contributed by atoms with E-state index in [2.05, 4.69) is 6.92 Å². The molecule has 1 aliphatic carbocycles. The number of hydrogen-bond acceptors (Lipinski definition) is 3. The van der Waals surface area contributed by atoms with E-state index < -0.39 is 19.2 Å². The molecule has 1 unspecified atom stereocenters. The Balaban J connectivity index is 1.67. The van der Waals surface area contributed by atoms with Crippen molar-refractivity contribution in [3.63, 3.8) is 0 Å². The van der Waals surface area contributed by atoms with E-state index in [1.165, 1.54) is 18.1 Å². The Morgan fingerprint density at radius 3 is 2.08 bits per heavy atom. The van der Waals surface area contributed by atoms with Crippen LogP contribution >= 0.6 is 7.52 Å². The lowest BCUT2D eigenvalue weighted by Gasteiger charge is -2.29. The van der Waals surface area contributed by atoms with Gasteiger partial charge in [0.1, 0.15) is 0 Å². The van der Waals surface area contributed by atoms with Crippen LogP contribution in [0.4, 0.5) is 8.78 Å². The van der Waals surface area contributed by atoms with Crippen LogP contribution in [0.15, 0.2) is 6.07 Å². The van der Waals surface area contributed by atoms with Crippen molar-refractivity contribution in [3.8, 4) is 5.75 Å². The van der Waals surface area contributed by atoms with Crippen LogP contribution in [-0.4, -0.2) is 22.9 Å². The van der Waals surface area contributed by atoms with Crippen LogP contribution < -0.4 is 9.99 Å². The number of nitrogens with one attached hydrogen (secondary N) is 1. The first-order valence-electron chi connectivity index (χ1n) is 14.2. The van der Waals surface area contributed by atoms with E-state index in [0.717, 1.165) is 88.5 Å². The maximum Gasteiger partial charge on any atom is 0.289 e. The summed E-state index contributed by atoms with van der Waals surface area (Å²) in [6.45, 7) is 4.57. The molecule has 36 heavy (non-hydrogen) atoms. The second-order valence-electron chi connectivity index (χ2n) is 10.5. The third-order valence-electron chi connectivity index (χ3n) is 7.64. The van der Waals surface area contributed by atoms with E-state index in [4.69, 9.17) is 9.94 Å². The van der Waals surface area contributed by atoms with E-state index >= 15 is 8.78 Å². The van der Waals surface area contributed by atoms with Gasteiger partial charge in [0.15, 0.2) is 11.6 Å². The topological polar surface area (TPSA) is 78.8 Å². The van der Waals surface area contributed by atoms with Crippen LogP contribution in [0.3, 0.4) is 0 Å². The summed E-state index contributed by atoms with van der Waals surface area (Å²) in [5, 5.41) is 10.0. The second-order valence-corrected chi connectivity index (χ2v) is 12.5. The molecule has 1 saturated carbocycles. The maximum absolute atomic E-state index is 15.0. The molecule has 1 aromatic rings. The standard InChI is InChI=1S/C28H48F2NO4P/c1-3-14-22-15-17-24(18-16-22)25-21-23(4-2)28(27(30)26(25)29)35-19-12-10-8-6-5-7-9-11-13-20-36(33,34)31-32/h21-22,24,32H,3-20H2,1-2H3,(H2,31,33,34). The molecule has 0 saturated heterocycles. The molecule has 1 atom stereocenters. The van der Waals surface area contributed by atoms with Crippen LogP contribution in [-0.2, 0) is 11.0 Å². The molecule has 1 fully saturated rings. The van der Waals surface area contributed by atoms with Gasteiger partial charge in [0.05, 0.1) is 6.61 Å². The molecule has 0 aromatic heterocycles. The van der Waals surface area contributed by atoms with E-state index in [1.54, 1.807) is 0 Å². The van der Waals surface area contributed by atoms with Crippen LogP contribution in [0.5, 0.6) is 5.75 Å². The van der Waals surface area contributed by atoms with Gasteiger partial charge < -0.3 is 14.8 Å². The molecule has 0 amide bonds. The van der Waals surface area contributed by atoms with Crippen molar-refractivity contribution in [3.05, 3.63) is 28.8 Å².